The maximum atomic E-state index is 12.4. The smallest absolute Gasteiger partial charge is 0.389 e. The lowest BCUT2D eigenvalue weighted by molar-refractivity contribution is -0.143. The molecule has 3 N–H and O–H groups in total. The molecule has 2 aromatic heterocycles. The Morgan fingerprint density at radius 2 is 2.03 bits per heavy atom. The quantitative estimate of drug-likeness (QED) is 0.457. The number of fused-ring (bicyclic) bond motifs is 1. The van der Waals surface area contributed by atoms with E-state index < -0.39 is 36.8 Å². The van der Waals surface area contributed by atoms with Gasteiger partial charge in [-0.2, -0.15) is 18.3 Å². The Hall–Kier alpha value is -4.02. The minimum Gasteiger partial charge on any atom is -0.480 e. The summed E-state index contributed by atoms with van der Waals surface area (Å²) in [6.45, 7) is 1.44. The van der Waals surface area contributed by atoms with Gasteiger partial charge in [0.15, 0.2) is 5.65 Å². The fourth-order valence-electron chi connectivity index (χ4n) is 3.14. The van der Waals surface area contributed by atoms with Crippen molar-refractivity contribution in [3.05, 3.63) is 60.1 Å². The maximum Gasteiger partial charge on any atom is 0.389 e. The number of hydrogen-bond donors (Lipinski definition) is 2. The average Bonchev–Trinajstić information content (AvgIpc) is 3.21. The average molecular weight is 473 g/mol. The van der Waals surface area contributed by atoms with Gasteiger partial charge in [-0.25, -0.2) is 14.3 Å². The highest BCUT2D eigenvalue weighted by molar-refractivity contribution is 6.10. The fraction of sp³-hybridized carbons (Fsp3) is 0.261. The van der Waals surface area contributed by atoms with Crippen molar-refractivity contribution in [2.24, 2.45) is 10.7 Å². The van der Waals surface area contributed by atoms with Crippen molar-refractivity contribution in [3.63, 3.8) is 0 Å². The molecule has 178 valence electrons. The highest BCUT2D eigenvalue weighted by atomic mass is 19.4. The number of rotatable bonds is 9. The Kier molecular flexibility index (Phi) is 7.44. The highest BCUT2D eigenvalue weighted by Crippen LogP contribution is 2.24. The Morgan fingerprint density at radius 1 is 1.26 bits per heavy atom. The molecule has 0 aliphatic rings. The van der Waals surface area contributed by atoms with Gasteiger partial charge in [-0.1, -0.05) is 18.2 Å². The molecule has 0 saturated carbocycles. The molecule has 3 rings (SSSR count). The molecule has 34 heavy (non-hydrogen) atoms. The molecule has 1 aromatic carbocycles. The largest absolute Gasteiger partial charge is 0.480 e. The number of ketones is 1. The number of aliphatic carboxylic acids is 1. The number of carbonyl (C=O) groups is 2. The van der Waals surface area contributed by atoms with E-state index in [0.29, 0.717) is 33.6 Å². The summed E-state index contributed by atoms with van der Waals surface area (Å²) in [7, 11) is 0. The van der Waals surface area contributed by atoms with Gasteiger partial charge < -0.3 is 10.8 Å². The number of allylic oxidation sites excluding steroid dienone is 1. The van der Waals surface area contributed by atoms with Crippen molar-refractivity contribution in [1.29, 1.82) is 0 Å². The molecule has 1 atom stereocenters. The van der Waals surface area contributed by atoms with E-state index in [2.05, 4.69) is 15.1 Å². The van der Waals surface area contributed by atoms with E-state index in [0.717, 1.165) is 0 Å². The summed E-state index contributed by atoms with van der Waals surface area (Å²) in [6.07, 6.45) is -0.398. The Morgan fingerprint density at radius 3 is 2.71 bits per heavy atom. The van der Waals surface area contributed by atoms with E-state index >= 15 is 0 Å². The van der Waals surface area contributed by atoms with E-state index in [1.54, 1.807) is 41.0 Å². The molecule has 1 unspecified atom stereocenters. The third-order valence-electron chi connectivity index (χ3n) is 4.98. The van der Waals surface area contributed by atoms with Crippen LogP contribution in [-0.4, -0.2) is 49.9 Å². The number of carboxylic acid groups (broad SMARTS) is 1. The molecule has 0 bridgehead atoms. The topological polar surface area (TPSA) is 123 Å². The second-order valence-corrected chi connectivity index (χ2v) is 7.60. The first-order valence-electron chi connectivity index (χ1n) is 10.3. The first kappa shape index (κ1) is 24.6. The Bertz CT molecular complexity index is 1260. The van der Waals surface area contributed by atoms with E-state index in [4.69, 9.17) is 10.8 Å². The summed E-state index contributed by atoms with van der Waals surface area (Å²) in [4.78, 5) is 31.2. The number of halogens is 3. The number of nitrogens with two attached hydrogens (primary N) is 1. The molecule has 2 heterocycles. The number of carboxylic acids is 1. The molecule has 3 aromatic rings. The van der Waals surface area contributed by atoms with E-state index in [1.807, 2.05) is 0 Å². The number of Topliss-reactive ketones (excluding diaryl/α,β-unsaturated/α-hetero) is 1. The Labute approximate surface area is 192 Å². The molecule has 0 saturated heterocycles. The predicted molar refractivity (Wildman–Crippen MR) is 120 cm³/mol. The van der Waals surface area contributed by atoms with Crippen LogP contribution in [0.25, 0.3) is 22.5 Å². The standard InChI is InChI=1S/C23H22F3N5O3/c1-14(22(33)34)28-11-18(10-27)17-9-21-29-13-20(31(21)30-12-17)16-4-2-3-15(7-16)8-19(32)5-6-23(24,25)26/h2-4,7,9-14H,5-6,8,27H2,1H3,(H,33,34). The molecule has 11 heteroatoms. The van der Waals surface area contributed by atoms with Gasteiger partial charge in [0.1, 0.15) is 11.8 Å². The summed E-state index contributed by atoms with van der Waals surface area (Å²) in [5.74, 6) is -1.56. The summed E-state index contributed by atoms with van der Waals surface area (Å²) in [5, 5.41) is 13.3. The van der Waals surface area contributed by atoms with Crippen LogP contribution in [0.5, 0.6) is 0 Å². The second-order valence-electron chi connectivity index (χ2n) is 7.60. The van der Waals surface area contributed by atoms with E-state index in [9.17, 15) is 22.8 Å². The van der Waals surface area contributed by atoms with Crippen LogP contribution in [0.2, 0.25) is 0 Å². The van der Waals surface area contributed by atoms with Gasteiger partial charge in [0, 0.05) is 42.0 Å². The molecular formula is C23H22F3N5O3. The van der Waals surface area contributed by atoms with Gasteiger partial charge in [0.05, 0.1) is 24.5 Å². The summed E-state index contributed by atoms with van der Waals surface area (Å²) in [6, 6.07) is 7.67. The lowest BCUT2D eigenvalue weighted by Gasteiger charge is -2.07. The minimum absolute atomic E-state index is 0.100. The van der Waals surface area contributed by atoms with Crippen LogP contribution in [0, 0.1) is 0 Å². The van der Waals surface area contributed by atoms with Crippen molar-refractivity contribution in [3.8, 4) is 11.3 Å². The number of aromatic nitrogens is 3. The van der Waals surface area contributed by atoms with Crippen LogP contribution in [0.15, 0.2) is 53.9 Å². The number of imidazole rings is 1. The van der Waals surface area contributed by atoms with Crippen LogP contribution in [0.4, 0.5) is 13.2 Å². The van der Waals surface area contributed by atoms with Gasteiger partial charge in [-0.05, 0) is 24.6 Å². The zero-order valence-corrected chi connectivity index (χ0v) is 18.2. The van der Waals surface area contributed by atoms with Crippen LogP contribution in [0.1, 0.15) is 30.9 Å². The van der Waals surface area contributed by atoms with Gasteiger partial charge >= 0.3 is 12.1 Å². The Balaban J connectivity index is 1.82. The normalized spacial score (nSPS) is 13.5. The molecule has 0 aliphatic heterocycles. The molecule has 0 radical (unpaired) electrons. The maximum absolute atomic E-state index is 12.4. The zero-order chi connectivity index (χ0) is 24.9. The van der Waals surface area contributed by atoms with Crippen LogP contribution >= 0.6 is 0 Å². The van der Waals surface area contributed by atoms with Gasteiger partial charge in [-0.15, -0.1) is 0 Å². The van der Waals surface area contributed by atoms with E-state index in [-0.39, 0.29) is 6.42 Å². The third kappa shape index (κ3) is 6.27. The minimum atomic E-state index is -4.36. The summed E-state index contributed by atoms with van der Waals surface area (Å²) in [5.41, 5.74) is 9.10. The number of hydrogen-bond acceptors (Lipinski definition) is 6. The molecule has 8 nitrogen and oxygen atoms in total. The predicted octanol–water partition coefficient (Wildman–Crippen LogP) is 3.69. The second kappa shape index (κ2) is 10.3. The summed E-state index contributed by atoms with van der Waals surface area (Å²) < 4.78 is 38.6. The van der Waals surface area contributed by atoms with Crippen molar-refractivity contribution >= 4 is 29.2 Å². The highest BCUT2D eigenvalue weighted by Gasteiger charge is 2.27. The van der Waals surface area contributed by atoms with Crippen molar-refractivity contribution in [1.82, 2.24) is 14.6 Å². The fourth-order valence-corrected chi connectivity index (χ4v) is 3.14. The number of alkyl halides is 3. The van der Waals surface area contributed by atoms with Crippen LogP contribution < -0.4 is 5.73 Å². The number of nitrogens with zero attached hydrogens (tertiary/aromatic N) is 4. The molecule has 0 amide bonds. The number of carbonyl (C=O) groups excluding carboxylic acids is 1. The van der Waals surface area contributed by atoms with Gasteiger partial charge in [0.2, 0.25) is 0 Å². The lowest BCUT2D eigenvalue weighted by Crippen LogP contribution is -2.13. The van der Waals surface area contributed by atoms with Crippen LogP contribution in [-0.2, 0) is 16.0 Å². The molecular weight excluding hydrogens is 451 g/mol. The SMILES string of the molecule is CC(N=CC(=CN)c1cnn2c(-c3cccc(CC(=O)CCC(F)(F)F)c3)cnc2c1)C(=O)O. The first-order valence-corrected chi connectivity index (χ1v) is 10.3. The van der Waals surface area contributed by atoms with Crippen LogP contribution in [0.3, 0.4) is 0 Å². The molecule has 0 aliphatic carbocycles. The first-order chi connectivity index (χ1) is 16.1. The van der Waals surface area contributed by atoms with Gasteiger partial charge in [0.25, 0.3) is 0 Å². The van der Waals surface area contributed by atoms with Crippen molar-refractivity contribution in [2.45, 2.75) is 38.4 Å². The monoisotopic (exact) mass is 473 g/mol. The van der Waals surface area contributed by atoms with Crippen molar-refractivity contribution < 1.29 is 27.9 Å². The zero-order valence-electron chi connectivity index (χ0n) is 18.2. The van der Waals surface area contributed by atoms with Gasteiger partial charge in [-0.3, -0.25) is 9.79 Å². The summed E-state index contributed by atoms with van der Waals surface area (Å²) >= 11 is 0. The number of benzene rings is 1. The third-order valence-corrected chi connectivity index (χ3v) is 4.98. The number of aliphatic imine (C=N–C) groups is 1. The molecule has 0 spiro atoms. The lowest BCUT2D eigenvalue weighted by atomic mass is 10.0. The van der Waals surface area contributed by atoms with Crippen molar-refractivity contribution in [2.75, 3.05) is 0 Å². The van der Waals surface area contributed by atoms with E-state index in [1.165, 1.54) is 25.5 Å². The molecule has 0 fully saturated rings.